The molecule has 4 nitrogen and oxygen atoms in total. The molecular formula is C9H8N2O2S. The summed E-state index contributed by atoms with van der Waals surface area (Å²) < 4.78 is 10.5. The SMILES string of the molecule is S=C1N=NC(COc2ccccc2)O1. The van der Waals surface area contributed by atoms with Gasteiger partial charge in [-0.2, -0.15) is 0 Å². The summed E-state index contributed by atoms with van der Waals surface area (Å²) in [5.41, 5.74) is 0. The second-order valence-corrected chi connectivity index (χ2v) is 3.03. The summed E-state index contributed by atoms with van der Waals surface area (Å²) in [6, 6.07) is 9.45. The fourth-order valence-corrected chi connectivity index (χ4v) is 1.18. The lowest BCUT2D eigenvalue weighted by Crippen LogP contribution is -2.16. The zero-order valence-electron chi connectivity index (χ0n) is 7.29. The maximum absolute atomic E-state index is 5.40. The van der Waals surface area contributed by atoms with Crippen LogP contribution in [0.25, 0.3) is 0 Å². The lowest BCUT2D eigenvalue weighted by molar-refractivity contribution is 0.140. The molecule has 1 atom stereocenters. The van der Waals surface area contributed by atoms with Crippen LogP contribution in [-0.2, 0) is 4.74 Å². The first-order chi connectivity index (χ1) is 6.84. The molecular weight excluding hydrogens is 200 g/mol. The highest BCUT2D eigenvalue weighted by Gasteiger charge is 2.17. The molecule has 1 aliphatic rings. The molecule has 0 spiro atoms. The largest absolute Gasteiger partial charge is 0.488 e. The lowest BCUT2D eigenvalue weighted by Gasteiger charge is -2.08. The topological polar surface area (TPSA) is 43.2 Å². The molecule has 5 heteroatoms. The summed E-state index contributed by atoms with van der Waals surface area (Å²) in [6.07, 6.45) is -0.400. The average molecular weight is 208 g/mol. The minimum atomic E-state index is -0.400. The molecule has 1 aromatic carbocycles. The van der Waals surface area contributed by atoms with Gasteiger partial charge in [0, 0.05) is 0 Å². The van der Waals surface area contributed by atoms with Gasteiger partial charge in [0.1, 0.15) is 12.4 Å². The number of nitrogens with zero attached hydrogens (tertiary/aromatic N) is 2. The average Bonchev–Trinajstić information content (AvgIpc) is 2.63. The Bertz CT molecular complexity index is 353. The van der Waals surface area contributed by atoms with E-state index in [1.54, 1.807) is 0 Å². The van der Waals surface area contributed by atoms with E-state index in [4.69, 9.17) is 9.47 Å². The molecule has 0 radical (unpaired) electrons. The molecule has 1 aliphatic heterocycles. The zero-order valence-corrected chi connectivity index (χ0v) is 8.11. The number of hydrogen-bond donors (Lipinski definition) is 0. The third-order valence-electron chi connectivity index (χ3n) is 1.64. The van der Waals surface area contributed by atoms with E-state index in [-0.39, 0.29) is 5.17 Å². The van der Waals surface area contributed by atoms with Gasteiger partial charge in [0.15, 0.2) is 0 Å². The maximum Gasteiger partial charge on any atom is 0.304 e. The van der Waals surface area contributed by atoms with Crippen molar-refractivity contribution in [3.63, 3.8) is 0 Å². The minimum absolute atomic E-state index is 0.173. The Kier molecular flexibility index (Phi) is 2.69. The second kappa shape index (κ2) is 4.15. The maximum atomic E-state index is 5.40. The van der Waals surface area contributed by atoms with Crippen molar-refractivity contribution < 1.29 is 9.47 Å². The van der Waals surface area contributed by atoms with Crippen molar-refractivity contribution in [3.05, 3.63) is 30.3 Å². The monoisotopic (exact) mass is 208 g/mol. The third kappa shape index (κ3) is 2.26. The number of thiocarbonyl (C=S) groups is 1. The molecule has 14 heavy (non-hydrogen) atoms. The molecule has 0 aromatic heterocycles. The smallest absolute Gasteiger partial charge is 0.304 e. The van der Waals surface area contributed by atoms with Gasteiger partial charge < -0.3 is 9.47 Å². The van der Waals surface area contributed by atoms with Crippen molar-refractivity contribution in [1.82, 2.24) is 0 Å². The van der Waals surface area contributed by atoms with Crippen LogP contribution in [0.15, 0.2) is 40.6 Å². The molecule has 72 valence electrons. The van der Waals surface area contributed by atoms with Gasteiger partial charge in [-0.25, -0.2) is 0 Å². The molecule has 0 bridgehead atoms. The molecule has 0 saturated heterocycles. The van der Waals surface area contributed by atoms with E-state index < -0.39 is 6.23 Å². The highest BCUT2D eigenvalue weighted by molar-refractivity contribution is 7.80. The summed E-state index contributed by atoms with van der Waals surface area (Å²) in [4.78, 5) is 0. The predicted molar refractivity (Wildman–Crippen MR) is 54.3 cm³/mol. The number of benzene rings is 1. The van der Waals surface area contributed by atoms with Crippen molar-refractivity contribution in [2.24, 2.45) is 10.2 Å². The van der Waals surface area contributed by atoms with Gasteiger partial charge in [0.05, 0.1) is 0 Å². The lowest BCUT2D eigenvalue weighted by atomic mass is 10.3. The third-order valence-corrected chi connectivity index (χ3v) is 1.82. The van der Waals surface area contributed by atoms with Gasteiger partial charge in [0.25, 0.3) is 0 Å². The van der Waals surface area contributed by atoms with E-state index in [0.29, 0.717) is 6.61 Å². The van der Waals surface area contributed by atoms with Crippen LogP contribution in [0, 0.1) is 0 Å². The van der Waals surface area contributed by atoms with Crippen LogP contribution in [0.4, 0.5) is 0 Å². The minimum Gasteiger partial charge on any atom is -0.488 e. The fourth-order valence-electron chi connectivity index (χ4n) is 1.03. The normalized spacial score (nSPS) is 19.4. The highest BCUT2D eigenvalue weighted by Crippen LogP contribution is 2.12. The molecule has 1 unspecified atom stereocenters. The summed E-state index contributed by atoms with van der Waals surface area (Å²) in [7, 11) is 0. The van der Waals surface area contributed by atoms with Crippen LogP contribution in [0.1, 0.15) is 0 Å². The van der Waals surface area contributed by atoms with Crippen molar-refractivity contribution in [1.29, 1.82) is 0 Å². The zero-order chi connectivity index (χ0) is 9.80. The summed E-state index contributed by atoms with van der Waals surface area (Å²) >= 11 is 4.69. The first-order valence-corrected chi connectivity index (χ1v) is 4.55. The van der Waals surface area contributed by atoms with E-state index in [2.05, 4.69) is 22.4 Å². The number of para-hydroxylation sites is 1. The quantitative estimate of drug-likeness (QED) is 0.715. The van der Waals surface area contributed by atoms with Gasteiger partial charge in [-0.1, -0.05) is 18.2 Å². The van der Waals surface area contributed by atoms with Crippen LogP contribution in [0.2, 0.25) is 0 Å². The Balaban J connectivity index is 1.84. The van der Waals surface area contributed by atoms with E-state index in [1.165, 1.54) is 0 Å². The Labute approximate surface area is 86.6 Å². The van der Waals surface area contributed by atoms with Gasteiger partial charge in [-0.05, 0) is 24.4 Å². The van der Waals surface area contributed by atoms with Crippen LogP contribution in [0.5, 0.6) is 5.75 Å². The molecule has 0 fully saturated rings. The summed E-state index contributed by atoms with van der Waals surface area (Å²) in [5, 5.41) is 7.53. The van der Waals surface area contributed by atoms with Crippen LogP contribution >= 0.6 is 12.2 Å². The van der Waals surface area contributed by atoms with E-state index in [1.807, 2.05) is 30.3 Å². The number of azo groups is 1. The van der Waals surface area contributed by atoms with E-state index in [0.717, 1.165) is 5.75 Å². The Morgan fingerprint density at radius 1 is 1.36 bits per heavy atom. The fraction of sp³-hybridized carbons (Fsp3) is 0.222. The van der Waals surface area contributed by atoms with Gasteiger partial charge in [-0.15, -0.1) is 10.2 Å². The van der Waals surface area contributed by atoms with Gasteiger partial charge in [-0.3, -0.25) is 0 Å². The van der Waals surface area contributed by atoms with Crippen LogP contribution in [0.3, 0.4) is 0 Å². The van der Waals surface area contributed by atoms with Crippen molar-refractivity contribution in [2.45, 2.75) is 6.23 Å². The number of rotatable bonds is 3. The van der Waals surface area contributed by atoms with Crippen LogP contribution < -0.4 is 4.74 Å². The molecule has 1 heterocycles. The van der Waals surface area contributed by atoms with Crippen LogP contribution in [-0.4, -0.2) is 18.0 Å². The number of hydrogen-bond acceptors (Lipinski definition) is 4. The first kappa shape index (κ1) is 9.08. The Morgan fingerprint density at radius 2 is 2.14 bits per heavy atom. The van der Waals surface area contributed by atoms with E-state index >= 15 is 0 Å². The highest BCUT2D eigenvalue weighted by atomic mass is 32.1. The second-order valence-electron chi connectivity index (χ2n) is 2.68. The molecule has 0 N–H and O–H groups in total. The number of ether oxygens (including phenoxy) is 2. The summed E-state index contributed by atoms with van der Waals surface area (Å²) in [5.74, 6) is 0.782. The van der Waals surface area contributed by atoms with E-state index in [9.17, 15) is 0 Å². The van der Waals surface area contributed by atoms with Crippen molar-refractivity contribution >= 4 is 17.4 Å². The van der Waals surface area contributed by atoms with Gasteiger partial charge in [0.2, 0.25) is 6.23 Å². The van der Waals surface area contributed by atoms with Gasteiger partial charge >= 0.3 is 5.17 Å². The van der Waals surface area contributed by atoms with Crippen molar-refractivity contribution in [2.75, 3.05) is 6.61 Å². The van der Waals surface area contributed by atoms with Crippen molar-refractivity contribution in [3.8, 4) is 5.75 Å². The first-order valence-electron chi connectivity index (χ1n) is 4.14. The molecule has 0 aliphatic carbocycles. The summed E-state index contributed by atoms with van der Waals surface area (Å²) in [6.45, 7) is 0.327. The molecule has 0 amide bonds. The molecule has 2 rings (SSSR count). The molecule has 0 saturated carbocycles. The predicted octanol–water partition coefficient (Wildman–Crippen LogP) is 2.16. The standard InChI is InChI=1S/C9H8N2O2S/c14-9-11-10-8(13-9)6-12-7-4-2-1-3-5-7/h1-5,8H,6H2. The molecule has 1 aromatic rings. The Morgan fingerprint density at radius 3 is 2.79 bits per heavy atom. The Hall–Kier alpha value is -1.49.